The molecule has 0 spiro atoms. The van der Waals surface area contributed by atoms with Crippen LogP contribution in [0.3, 0.4) is 0 Å². The van der Waals surface area contributed by atoms with E-state index in [1.54, 1.807) is 36.4 Å². The summed E-state index contributed by atoms with van der Waals surface area (Å²) in [4.78, 5) is 22.1. The van der Waals surface area contributed by atoms with Gasteiger partial charge in [-0.25, -0.2) is 0 Å². The topological polar surface area (TPSA) is 61.8 Å². The third-order valence-corrected chi connectivity index (χ3v) is 3.37. The van der Waals surface area contributed by atoms with Crippen LogP contribution < -0.4 is 0 Å². The Morgan fingerprint density at radius 2 is 1.88 bits per heavy atom. The number of halogens is 1. The molecule has 0 aliphatic carbocycles. The molecule has 0 saturated carbocycles. The number of benzene rings is 1. The van der Waals surface area contributed by atoms with Crippen molar-refractivity contribution < 1.29 is 23.8 Å². The average Bonchev–Trinajstić information content (AvgIpc) is 2.53. The second-order valence-electron chi connectivity index (χ2n) is 5.13. The summed E-state index contributed by atoms with van der Waals surface area (Å²) < 4.78 is 15.9. The average molecular weight is 349 g/mol. The minimum atomic E-state index is -0.615. The molecule has 0 N–H and O–H groups in total. The lowest BCUT2D eigenvalue weighted by atomic mass is 10.1. The van der Waals surface area contributed by atoms with Gasteiger partial charge < -0.3 is 14.2 Å². The number of ether oxygens (including phenoxy) is 3. The van der Waals surface area contributed by atoms with Gasteiger partial charge in [0.05, 0.1) is 0 Å². The van der Waals surface area contributed by atoms with Crippen LogP contribution in [0.2, 0.25) is 5.02 Å². The summed E-state index contributed by atoms with van der Waals surface area (Å²) in [6.07, 6.45) is 1.69. The van der Waals surface area contributed by atoms with Crippen molar-refractivity contribution in [2.24, 2.45) is 0 Å². The first kappa shape index (κ1) is 18.1. The standard InChI is InChI=1S/C18H17ClO5/c1-12(20)22-11-18-17(23-13(2)21)10-9-16(24-18)8-5-14-3-6-15(19)7-4-14/h3-4,6-7,9-10,16-18H,11H2,1-2H3/t16-,17+,18-/m1/s1. The van der Waals surface area contributed by atoms with E-state index in [0.717, 1.165) is 5.56 Å². The van der Waals surface area contributed by atoms with Crippen LogP contribution in [-0.4, -0.2) is 36.9 Å². The van der Waals surface area contributed by atoms with Crippen molar-refractivity contribution in [3.05, 3.63) is 47.0 Å². The highest BCUT2D eigenvalue weighted by molar-refractivity contribution is 6.30. The van der Waals surface area contributed by atoms with Gasteiger partial charge >= 0.3 is 11.9 Å². The fourth-order valence-electron chi connectivity index (χ4n) is 2.06. The molecule has 0 amide bonds. The van der Waals surface area contributed by atoms with Crippen molar-refractivity contribution in [3.63, 3.8) is 0 Å². The zero-order valence-corrected chi connectivity index (χ0v) is 14.1. The molecule has 5 nitrogen and oxygen atoms in total. The summed E-state index contributed by atoms with van der Waals surface area (Å²) in [5.74, 6) is 5.08. The van der Waals surface area contributed by atoms with Crippen LogP contribution in [0.5, 0.6) is 0 Å². The molecule has 0 fully saturated rings. The molecule has 3 atom stereocenters. The van der Waals surface area contributed by atoms with E-state index in [1.165, 1.54) is 13.8 Å². The second kappa shape index (κ2) is 8.53. The van der Waals surface area contributed by atoms with E-state index in [0.29, 0.717) is 5.02 Å². The highest BCUT2D eigenvalue weighted by Gasteiger charge is 2.29. The molecule has 2 rings (SSSR count). The van der Waals surface area contributed by atoms with Crippen LogP contribution in [0, 0.1) is 11.8 Å². The molecule has 6 heteroatoms. The zero-order chi connectivity index (χ0) is 17.5. The Hall–Kier alpha value is -2.29. The molecule has 0 unspecified atom stereocenters. The molecule has 0 radical (unpaired) electrons. The first-order valence-corrected chi connectivity index (χ1v) is 7.73. The molecule has 126 valence electrons. The molecule has 1 aliphatic heterocycles. The monoisotopic (exact) mass is 348 g/mol. The van der Waals surface area contributed by atoms with Crippen LogP contribution in [0.1, 0.15) is 19.4 Å². The van der Waals surface area contributed by atoms with Crippen LogP contribution in [-0.2, 0) is 23.8 Å². The maximum Gasteiger partial charge on any atom is 0.303 e. The van der Waals surface area contributed by atoms with E-state index in [9.17, 15) is 9.59 Å². The molecule has 0 bridgehead atoms. The maximum atomic E-state index is 11.2. The first-order chi connectivity index (χ1) is 11.4. The van der Waals surface area contributed by atoms with E-state index >= 15 is 0 Å². The molecule has 1 aromatic carbocycles. The van der Waals surface area contributed by atoms with E-state index in [2.05, 4.69) is 11.8 Å². The SMILES string of the molecule is CC(=O)OC[C@H]1O[C@H](C#Cc2ccc(Cl)cc2)C=C[C@@H]1OC(C)=O. The van der Waals surface area contributed by atoms with Gasteiger partial charge in [0.1, 0.15) is 24.9 Å². The highest BCUT2D eigenvalue weighted by Crippen LogP contribution is 2.17. The summed E-state index contributed by atoms with van der Waals surface area (Å²) in [7, 11) is 0. The highest BCUT2D eigenvalue weighted by atomic mass is 35.5. The Labute approximate surface area is 145 Å². The van der Waals surface area contributed by atoms with Gasteiger partial charge in [-0.1, -0.05) is 23.4 Å². The summed E-state index contributed by atoms with van der Waals surface area (Å²) in [5.41, 5.74) is 0.801. The van der Waals surface area contributed by atoms with E-state index in [1.807, 2.05) is 0 Å². The third-order valence-electron chi connectivity index (χ3n) is 3.12. The van der Waals surface area contributed by atoms with Crippen molar-refractivity contribution in [2.75, 3.05) is 6.61 Å². The van der Waals surface area contributed by atoms with Gasteiger partial charge in [-0.15, -0.1) is 0 Å². The van der Waals surface area contributed by atoms with Gasteiger partial charge in [-0.2, -0.15) is 0 Å². The van der Waals surface area contributed by atoms with Crippen molar-refractivity contribution >= 4 is 23.5 Å². The summed E-state index contributed by atoms with van der Waals surface area (Å²) >= 11 is 5.83. The van der Waals surface area contributed by atoms with Crippen LogP contribution >= 0.6 is 11.6 Å². The molecule has 1 aromatic rings. The molecule has 0 saturated heterocycles. The van der Waals surface area contributed by atoms with Crippen molar-refractivity contribution in [1.29, 1.82) is 0 Å². The van der Waals surface area contributed by atoms with Gasteiger partial charge in [0.15, 0.2) is 0 Å². The maximum absolute atomic E-state index is 11.2. The fraction of sp³-hybridized carbons (Fsp3) is 0.333. The van der Waals surface area contributed by atoms with Crippen molar-refractivity contribution in [1.82, 2.24) is 0 Å². The van der Waals surface area contributed by atoms with Gasteiger partial charge in [0.2, 0.25) is 0 Å². The minimum absolute atomic E-state index is 0.0171. The lowest BCUT2D eigenvalue weighted by Crippen LogP contribution is -2.41. The zero-order valence-electron chi connectivity index (χ0n) is 13.3. The Balaban J connectivity index is 2.08. The molecule has 1 heterocycles. The number of hydrogen-bond acceptors (Lipinski definition) is 5. The van der Waals surface area contributed by atoms with E-state index < -0.39 is 30.3 Å². The van der Waals surface area contributed by atoms with Gasteiger partial charge in [-0.05, 0) is 36.4 Å². The van der Waals surface area contributed by atoms with Gasteiger partial charge in [0, 0.05) is 24.4 Å². The number of carbonyl (C=O) groups is 2. The summed E-state index contributed by atoms with van der Waals surface area (Å²) in [6, 6.07) is 7.12. The van der Waals surface area contributed by atoms with Crippen molar-refractivity contribution in [3.8, 4) is 11.8 Å². The number of hydrogen-bond donors (Lipinski definition) is 0. The van der Waals surface area contributed by atoms with Crippen LogP contribution in [0.4, 0.5) is 0 Å². The Morgan fingerprint density at radius 3 is 2.50 bits per heavy atom. The smallest absolute Gasteiger partial charge is 0.303 e. The van der Waals surface area contributed by atoms with Gasteiger partial charge in [0.25, 0.3) is 0 Å². The Kier molecular flexibility index (Phi) is 6.42. The molecule has 1 aliphatic rings. The number of carbonyl (C=O) groups excluding carboxylic acids is 2. The Bertz CT molecular complexity index is 684. The number of rotatable bonds is 3. The molecule has 0 aromatic heterocycles. The second-order valence-corrected chi connectivity index (χ2v) is 5.57. The van der Waals surface area contributed by atoms with Crippen LogP contribution in [0.25, 0.3) is 0 Å². The first-order valence-electron chi connectivity index (χ1n) is 7.35. The minimum Gasteiger partial charge on any atom is -0.463 e. The molecular formula is C18H17ClO5. The fourth-order valence-corrected chi connectivity index (χ4v) is 2.18. The third kappa shape index (κ3) is 5.73. The van der Waals surface area contributed by atoms with E-state index in [-0.39, 0.29) is 6.61 Å². The number of esters is 2. The molecular weight excluding hydrogens is 332 g/mol. The predicted octanol–water partition coefficient (Wildman–Crippen LogP) is 2.51. The summed E-state index contributed by atoms with van der Waals surface area (Å²) in [5, 5.41) is 0.639. The predicted molar refractivity (Wildman–Crippen MR) is 88.3 cm³/mol. The van der Waals surface area contributed by atoms with E-state index in [4.69, 9.17) is 25.8 Å². The normalized spacial score (nSPS) is 22.2. The summed E-state index contributed by atoms with van der Waals surface area (Å²) in [6.45, 7) is 2.59. The largest absolute Gasteiger partial charge is 0.463 e. The Morgan fingerprint density at radius 1 is 1.17 bits per heavy atom. The lowest BCUT2D eigenvalue weighted by molar-refractivity contribution is -0.161. The van der Waals surface area contributed by atoms with Crippen LogP contribution in [0.15, 0.2) is 36.4 Å². The lowest BCUT2D eigenvalue weighted by Gasteiger charge is -2.29. The quantitative estimate of drug-likeness (QED) is 0.477. The van der Waals surface area contributed by atoms with Crippen molar-refractivity contribution in [2.45, 2.75) is 32.2 Å². The van der Waals surface area contributed by atoms with Gasteiger partial charge in [-0.3, -0.25) is 9.59 Å². The molecule has 24 heavy (non-hydrogen) atoms.